The van der Waals surface area contributed by atoms with Crippen molar-refractivity contribution in [3.05, 3.63) is 34.3 Å². The van der Waals surface area contributed by atoms with Gasteiger partial charge in [0.25, 0.3) is 5.91 Å². The summed E-state index contributed by atoms with van der Waals surface area (Å²) in [5.74, 6) is 0.0881. The molecule has 1 heterocycles. The van der Waals surface area contributed by atoms with Crippen LogP contribution in [-0.4, -0.2) is 23.3 Å². The van der Waals surface area contributed by atoms with Crippen LogP contribution < -0.4 is 0 Å². The molecule has 3 nitrogen and oxygen atoms in total. The van der Waals surface area contributed by atoms with Gasteiger partial charge in [0.1, 0.15) is 0 Å². The zero-order chi connectivity index (χ0) is 12.4. The maximum atomic E-state index is 12.1. The number of halogens is 1. The van der Waals surface area contributed by atoms with Gasteiger partial charge in [-0.3, -0.25) is 14.5 Å². The highest BCUT2D eigenvalue weighted by atomic mass is 79.9. The Bertz CT molecular complexity index is 441. The van der Waals surface area contributed by atoms with Gasteiger partial charge in [-0.2, -0.15) is 0 Å². The van der Waals surface area contributed by atoms with Crippen LogP contribution in [0.2, 0.25) is 0 Å². The van der Waals surface area contributed by atoms with Gasteiger partial charge < -0.3 is 0 Å². The van der Waals surface area contributed by atoms with Crippen molar-refractivity contribution in [1.29, 1.82) is 0 Å². The first-order chi connectivity index (χ1) is 8.11. The molecule has 1 saturated heterocycles. The van der Waals surface area contributed by atoms with E-state index in [9.17, 15) is 9.59 Å². The largest absolute Gasteiger partial charge is 0.278 e. The van der Waals surface area contributed by atoms with E-state index in [1.54, 1.807) is 12.1 Å². The minimum absolute atomic E-state index is 0.0511. The quantitative estimate of drug-likeness (QED) is 0.787. The zero-order valence-corrected chi connectivity index (χ0v) is 11.2. The first-order valence-electron chi connectivity index (χ1n) is 5.72. The maximum absolute atomic E-state index is 12.1. The molecule has 2 rings (SSSR count). The number of hydrogen-bond acceptors (Lipinski definition) is 2. The Hall–Kier alpha value is -1.16. The number of nitrogens with zero attached hydrogens (tertiary/aromatic N) is 1. The highest BCUT2D eigenvalue weighted by molar-refractivity contribution is 9.10. The van der Waals surface area contributed by atoms with Crippen LogP contribution in [0, 0.1) is 5.92 Å². The van der Waals surface area contributed by atoms with Crippen molar-refractivity contribution >= 4 is 27.7 Å². The molecule has 1 aliphatic heterocycles. The summed E-state index contributed by atoms with van der Waals surface area (Å²) in [6.45, 7) is 2.61. The van der Waals surface area contributed by atoms with Crippen molar-refractivity contribution < 1.29 is 9.59 Å². The number of carbonyl (C=O) groups is 2. The summed E-state index contributed by atoms with van der Waals surface area (Å²) in [5, 5.41) is 0. The Labute approximate surface area is 109 Å². The molecule has 17 heavy (non-hydrogen) atoms. The number of amides is 2. The lowest BCUT2D eigenvalue weighted by Gasteiger charge is -2.14. The molecular formula is C13H14BrNO2. The van der Waals surface area contributed by atoms with Gasteiger partial charge in [0, 0.05) is 23.0 Å². The van der Waals surface area contributed by atoms with Crippen molar-refractivity contribution in [1.82, 2.24) is 4.90 Å². The molecular weight excluding hydrogens is 282 g/mol. The fourth-order valence-corrected chi connectivity index (χ4v) is 2.26. The second-order valence-corrected chi connectivity index (χ2v) is 5.21. The molecule has 1 fully saturated rings. The van der Waals surface area contributed by atoms with Crippen molar-refractivity contribution in [3.63, 3.8) is 0 Å². The van der Waals surface area contributed by atoms with E-state index in [1.165, 1.54) is 4.90 Å². The van der Waals surface area contributed by atoms with Gasteiger partial charge in [0.05, 0.1) is 0 Å². The van der Waals surface area contributed by atoms with Crippen LogP contribution in [0.5, 0.6) is 0 Å². The van der Waals surface area contributed by atoms with Crippen LogP contribution >= 0.6 is 15.9 Å². The molecule has 1 atom stereocenters. The van der Waals surface area contributed by atoms with Crippen molar-refractivity contribution in [2.45, 2.75) is 19.8 Å². The van der Waals surface area contributed by atoms with E-state index >= 15 is 0 Å². The van der Waals surface area contributed by atoms with Crippen LogP contribution in [0.1, 0.15) is 30.1 Å². The SMILES string of the molecule is CCC1CC(=O)N(C(=O)c2ccc(Br)cc2)C1. The summed E-state index contributed by atoms with van der Waals surface area (Å²) in [7, 11) is 0. The second-order valence-electron chi connectivity index (χ2n) is 4.29. The highest BCUT2D eigenvalue weighted by Crippen LogP contribution is 2.22. The van der Waals surface area contributed by atoms with Gasteiger partial charge in [-0.25, -0.2) is 0 Å². The number of benzene rings is 1. The summed E-state index contributed by atoms with van der Waals surface area (Å²) in [6.07, 6.45) is 1.44. The van der Waals surface area contributed by atoms with Gasteiger partial charge in [0.15, 0.2) is 0 Å². The lowest BCUT2D eigenvalue weighted by atomic mass is 10.1. The fourth-order valence-electron chi connectivity index (χ4n) is 2.00. The Kier molecular flexibility index (Phi) is 3.62. The van der Waals surface area contributed by atoms with E-state index < -0.39 is 0 Å². The molecule has 2 amide bonds. The van der Waals surface area contributed by atoms with Crippen molar-refractivity contribution in [2.75, 3.05) is 6.54 Å². The van der Waals surface area contributed by atoms with Gasteiger partial charge in [-0.05, 0) is 30.2 Å². The van der Waals surface area contributed by atoms with E-state index in [0.717, 1.165) is 10.9 Å². The summed E-state index contributed by atoms with van der Waals surface area (Å²) in [5.41, 5.74) is 0.568. The third-order valence-electron chi connectivity index (χ3n) is 3.12. The predicted octanol–water partition coefficient (Wildman–Crippen LogP) is 2.85. The fraction of sp³-hybridized carbons (Fsp3) is 0.385. The zero-order valence-electron chi connectivity index (χ0n) is 9.65. The van der Waals surface area contributed by atoms with E-state index in [1.807, 2.05) is 19.1 Å². The molecule has 1 aromatic carbocycles. The maximum Gasteiger partial charge on any atom is 0.260 e. The molecule has 0 bridgehead atoms. The third-order valence-corrected chi connectivity index (χ3v) is 3.65. The first kappa shape index (κ1) is 12.3. The number of rotatable bonds is 2. The van der Waals surface area contributed by atoms with Gasteiger partial charge >= 0.3 is 0 Å². The molecule has 0 aliphatic carbocycles. The summed E-state index contributed by atoms with van der Waals surface area (Å²) in [6, 6.07) is 7.09. The topological polar surface area (TPSA) is 37.4 Å². The lowest BCUT2D eigenvalue weighted by Crippen LogP contribution is -2.32. The molecule has 0 N–H and O–H groups in total. The minimum Gasteiger partial charge on any atom is -0.278 e. The van der Waals surface area contributed by atoms with Crippen molar-refractivity contribution in [3.8, 4) is 0 Å². The van der Waals surface area contributed by atoms with E-state index in [4.69, 9.17) is 0 Å². The molecule has 1 unspecified atom stereocenters. The average molecular weight is 296 g/mol. The predicted molar refractivity (Wildman–Crippen MR) is 68.6 cm³/mol. The Morgan fingerprint density at radius 2 is 2.06 bits per heavy atom. The van der Waals surface area contributed by atoms with Crippen molar-refractivity contribution in [2.24, 2.45) is 5.92 Å². The summed E-state index contributed by atoms with van der Waals surface area (Å²) >= 11 is 3.32. The van der Waals surface area contributed by atoms with Gasteiger partial charge in [-0.15, -0.1) is 0 Å². The lowest BCUT2D eigenvalue weighted by molar-refractivity contribution is -0.125. The van der Waals surface area contributed by atoms with Crippen LogP contribution in [-0.2, 0) is 4.79 Å². The van der Waals surface area contributed by atoms with E-state index in [2.05, 4.69) is 15.9 Å². The number of likely N-dealkylation sites (tertiary alicyclic amines) is 1. The molecule has 0 saturated carbocycles. The molecule has 0 aromatic heterocycles. The molecule has 0 radical (unpaired) electrons. The standard InChI is InChI=1S/C13H14BrNO2/c1-2-9-7-12(16)15(8-9)13(17)10-3-5-11(14)6-4-10/h3-6,9H,2,7-8H2,1H3. The number of carbonyl (C=O) groups excluding carboxylic acids is 2. The molecule has 90 valence electrons. The van der Waals surface area contributed by atoms with E-state index in [-0.39, 0.29) is 11.8 Å². The smallest absolute Gasteiger partial charge is 0.260 e. The Balaban J connectivity index is 2.15. The monoisotopic (exact) mass is 295 g/mol. The molecule has 1 aliphatic rings. The summed E-state index contributed by atoms with van der Waals surface area (Å²) in [4.78, 5) is 25.2. The highest BCUT2D eigenvalue weighted by Gasteiger charge is 2.33. The second kappa shape index (κ2) is 5.00. The van der Waals surface area contributed by atoms with E-state index in [0.29, 0.717) is 24.4 Å². The summed E-state index contributed by atoms with van der Waals surface area (Å²) < 4.78 is 0.924. The Morgan fingerprint density at radius 3 is 2.59 bits per heavy atom. The minimum atomic E-state index is -0.182. The van der Waals surface area contributed by atoms with Gasteiger partial charge in [-0.1, -0.05) is 29.3 Å². The Morgan fingerprint density at radius 1 is 1.41 bits per heavy atom. The first-order valence-corrected chi connectivity index (χ1v) is 6.51. The third kappa shape index (κ3) is 2.57. The van der Waals surface area contributed by atoms with Crippen LogP contribution in [0.3, 0.4) is 0 Å². The van der Waals surface area contributed by atoms with Gasteiger partial charge in [0.2, 0.25) is 5.91 Å². The normalized spacial score (nSPS) is 19.8. The molecule has 0 spiro atoms. The molecule has 4 heteroatoms. The van der Waals surface area contributed by atoms with Crippen LogP contribution in [0.25, 0.3) is 0 Å². The number of hydrogen-bond donors (Lipinski definition) is 0. The molecule has 1 aromatic rings. The average Bonchev–Trinajstić information content (AvgIpc) is 2.71. The number of imide groups is 1. The van der Waals surface area contributed by atoms with Crippen LogP contribution in [0.4, 0.5) is 0 Å². The van der Waals surface area contributed by atoms with Crippen LogP contribution in [0.15, 0.2) is 28.7 Å².